The molecule has 154 valence electrons. The monoisotopic (exact) mass is 429 g/mol. The number of carbonyl (C=O) groups is 1. The molecule has 1 amide bonds. The maximum absolute atomic E-state index is 13.7. The molecule has 0 saturated heterocycles. The van der Waals surface area contributed by atoms with Crippen molar-refractivity contribution < 1.29 is 17.6 Å². The number of anilines is 1. The number of aryl methyl sites for hydroxylation is 1. The molecule has 0 radical (unpaired) electrons. The van der Waals surface area contributed by atoms with Gasteiger partial charge >= 0.3 is 0 Å². The van der Waals surface area contributed by atoms with Crippen LogP contribution in [0, 0.1) is 11.7 Å². The summed E-state index contributed by atoms with van der Waals surface area (Å²) in [5.41, 5.74) is 6.26. The van der Waals surface area contributed by atoms with Gasteiger partial charge in [-0.05, 0) is 42.7 Å². The topological polar surface area (TPSA) is 101 Å². The van der Waals surface area contributed by atoms with Gasteiger partial charge in [-0.2, -0.15) is 0 Å². The minimum atomic E-state index is -3.67. The van der Waals surface area contributed by atoms with Crippen LogP contribution in [0.2, 0.25) is 0 Å². The van der Waals surface area contributed by atoms with E-state index in [2.05, 4.69) is 10.0 Å². The highest BCUT2D eigenvalue weighted by molar-refractivity contribution is 7.89. The van der Waals surface area contributed by atoms with Gasteiger partial charge in [-0.1, -0.05) is 31.2 Å². The van der Waals surface area contributed by atoms with Crippen LogP contribution in [0.4, 0.5) is 10.1 Å². The van der Waals surface area contributed by atoms with Crippen LogP contribution in [0.25, 0.3) is 0 Å². The van der Waals surface area contributed by atoms with Gasteiger partial charge in [0.2, 0.25) is 15.9 Å². The summed E-state index contributed by atoms with van der Waals surface area (Å²) in [7, 11) is -3.67. The molecule has 0 spiro atoms. The van der Waals surface area contributed by atoms with Crippen LogP contribution in [0.3, 0.4) is 0 Å². The molecule has 2 aromatic rings. The van der Waals surface area contributed by atoms with Crippen LogP contribution in [0.1, 0.15) is 18.9 Å². The number of hydrogen-bond donors (Lipinski definition) is 3. The van der Waals surface area contributed by atoms with Crippen molar-refractivity contribution >= 4 is 34.0 Å². The fourth-order valence-corrected chi connectivity index (χ4v) is 3.58. The minimum absolute atomic E-state index is 0. The molecule has 2 rings (SSSR count). The largest absolute Gasteiger partial charge is 0.329 e. The van der Waals surface area contributed by atoms with Gasteiger partial charge in [0.05, 0.1) is 4.90 Å². The number of hydrogen-bond acceptors (Lipinski definition) is 4. The van der Waals surface area contributed by atoms with Crippen LogP contribution in [-0.4, -0.2) is 27.4 Å². The number of amides is 1. The van der Waals surface area contributed by atoms with Crippen molar-refractivity contribution in [3.05, 3.63) is 59.9 Å². The SMILES string of the molecule is CC(CCc1ccccc1F)C(=O)Nc1cccc(S(=O)(=O)NCCN)c1.Cl. The first-order chi connectivity index (χ1) is 12.8. The Bertz CT molecular complexity index is 893. The van der Waals surface area contributed by atoms with E-state index in [1.807, 2.05) is 0 Å². The van der Waals surface area contributed by atoms with Gasteiger partial charge in [-0.15, -0.1) is 12.4 Å². The number of carbonyl (C=O) groups excluding carboxylic acids is 1. The molecule has 0 heterocycles. The van der Waals surface area contributed by atoms with E-state index in [0.29, 0.717) is 24.1 Å². The highest BCUT2D eigenvalue weighted by atomic mass is 35.5. The Morgan fingerprint density at radius 2 is 1.89 bits per heavy atom. The highest BCUT2D eigenvalue weighted by Crippen LogP contribution is 2.18. The molecule has 1 unspecified atom stereocenters. The second-order valence-corrected chi connectivity index (χ2v) is 8.00. The first-order valence-electron chi connectivity index (χ1n) is 8.67. The number of nitrogens with one attached hydrogen (secondary N) is 2. The fraction of sp³-hybridized carbons (Fsp3) is 0.316. The van der Waals surface area contributed by atoms with Crippen LogP contribution in [0.5, 0.6) is 0 Å². The summed E-state index contributed by atoms with van der Waals surface area (Å²) < 4.78 is 40.3. The molecule has 0 aromatic heterocycles. The van der Waals surface area contributed by atoms with E-state index in [1.165, 1.54) is 18.2 Å². The van der Waals surface area contributed by atoms with Crippen LogP contribution < -0.4 is 15.8 Å². The van der Waals surface area contributed by atoms with Gasteiger partial charge in [0.1, 0.15) is 5.82 Å². The lowest BCUT2D eigenvalue weighted by Crippen LogP contribution is -2.29. The zero-order chi connectivity index (χ0) is 19.9. The maximum Gasteiger partial charge on any atom is 0.240 e. The number of benzene rings is 2. The van der Waals surface area contributed by atoms with Crippen molar-refractivity contribution in [3.63, 3.8) is 0 Å². The first-order valence-corrected chi connectivity index (χ1v) is 10.2. The van der Waals surface area contributed by atoms with Crippen LogP contribution in [0.15, 0.2) is 53.4 Å². The van der Waals surface area contributed by atoms with Crippen molar-refractivity contribution in [3.8, 4) is 0 Å². The van der Waals surface area contributed by atoms with Gasteiger partial charge in [0, 0.05) is 24.7 Å². The predicted octanol–water partition coefficient (Wildman–Crippen LogP) is 2.69. The molecule has 1 atom stereocenters. The standard InChI is InChI=1S/C19H24FN3O3S.ClH/c1-14(9-10-15-5-2-3-8-18(15)20)19(24)23-16-6-4-7-17(13-16)27(25,26)22-12-11-21;/h2-8,13-14,22H,9-12,21H2,1H3,(H,23,24);1H. The molecule has 6 nitrogen and oxygen atoms in total. The molecule has 0 fully saturated rings. The predicted molar refractivity (Wildman–Crippen MR) is 110 cm³/mol. The Morgan fingerprint density at radius 3 is 2.57 bits per heavy atom. The summed E-state index contributed by atoms with van der Waals surface area (Å²) >= 11 is 0. The van der Waals surface area contributed by atoms with E-state index in [1.54, 1.807) is 37.3 Å². The van der Waals surface area contributed by atoms with Gasteiger partial charge in [0.25, 0.3) is 0 Å². The lowest BCUT2D eigenvalue weighted by molar-refractivity contribution is -0.119. The van der Waals surface area contributed by atoms with E-state index >= 15 is 0 Å². The third-order valence-corrected chi connectivity index (χ3v) is 5.56. The number of nitrogens with two attached hydrogens (primary N) is 1. The summed E-state index contributed by atoms with van der Waals surface area (Å²) in [6, 6.07) is 12.5. The van der Waals surface area contributed by atoms with E-state index in [9.17, 15) is 17.6 Å². The maximum atomic E-state index is 13.7. The summed E-state index contributed by atoms with van der Waals surface area (Å²) in [4.78, 5) is 12.4. The summed E-state index contributed by atoms with van der Waals surface area (Å²) in [6.07, 6.45) is 0.918. The molecule has 9 heteroatoms. The third-order valence-electron chi connectivity index (χ3n) is 4.10. The fourth-order valence-electron chi connectivity index (χ4n) is 2.49. The molecule has 4 N–H and O–H groups in total. The Morgan fingerprint density at radius 1 is 1.18 bits per heavy atom. The molecule has 0 aliphatic rings. The Hall–Kier alpha value is -2.00. The van der Waals surface area contributed by atoms with Gasteiger partial charge < -0.3 is 11.1 Å². The van der Waals surface area contributed by atoms with Gasteiger partial charge in [-0.3, -0.25) is 4.79 Å². The molecular formula is C19H25ClFN3O3S. The van der Waals surface area contributed by atoms with E-state index in [4.69, 9.17) is 5.73 Å². The zero-order valence-electron chi connectivity index (χ0n) is 15.5. The second kappa shape index (κ2) is 11.1. The average Bonchev–Trinajstić information content (AvgIpc) is 2.65. The lowest BCUT2D eigenvalue weighted by Gasteiger charge is -2.13. The van der Waals surface area contributed by atoms with Crippen molar-refractivity contribution in [1.82, 2.24) is 4.72 Å². The van der Waals surface area contributed by atoms with Gasteiger partial charge in [0.15, 0.2) is 0 Å². The molecule has 28 heavy (non-hydrogen) atoms. The number of halogens is 2. The van der Waals surface area contributed by atoms with Crippen LogP contribution >= 0.6 is 12.4 Å². The third kappa shape index (κ3) is 6.87. The van der Waals surface area contributed by atoms with E-state index in [-0.39, 0.29) is 48.0 Å². The quantitative estimate of drug-likeness (QED) is 0.570. The lowest BCUT2D eigenvalue weighted by atomic mass is 10.00. The normalized spacial score (nSPS) is 12.1. The molecule has 2 aromatic carbocycles. The van der Waals surface area contributed by atoms with Crippen molar-refractivity contribution in [2.24, 2.45) is 11.7 Å². The van der Waals surface area contributed by atoms with E-state index < -0.39 is 10.0 Å². The minimum Gasteiger partial charge on any atom is -0.329 e. The summed E-state index contributed by atoms with van der Waals surface area (Å²) in [5, 5.41) is 2.71. The summed E-state index contributed by atoms with van der Waals surface area (Å²) in [5.74, 6) is -0.899. The van der Waals surface area contributed by atoms with E-state index in [0.717, 1.165) is 0 Å². The second-order valence-electron chi connectivity index (χ2n) is 6.23. The molecule has 0 bridgehead atoms. The Kier molecular flexibility index (Phi) is 9.54. The summed E-state index contributed by atoms with van der Waals surface area (Å²) in [6.45, 7) is 2.07. The highest BCUT2D eigenvalue weighted by Gasteiger charge is 2.17. The molecular weight excluding hydrogens is 405 g/mol. The molecule has 0 aliphatic carbocycles. The smallest absolute Gasteiger partial charge is 0.240 e. The Labute approximate surface area is 171 Å². The van der Waals surface area contributed by atoms with Crippen molar-refractivity contribution in [1.29, 1.82) is 0 Å². The number of sulfonamides is 1. The Balaban J connectivity index is 0.00000392. The molecule has 0 aliphatic heterocycles. The average molecular weight is 430 g/mol. The van der Waals surface area contributed by atoms with Crippen molar-refractivity contribution in [2.45, 2.75) is 24.7 Å². The van der Waals surface area contributed by atoms with Gasteiger partial charge in [-0.25, -0.2) is 17.5 Å². The first kappa shape index (κ1) is 24.0. The van der Waals surface area contributed by atoms with Crippen molar-refractivity contribution in [2.75, 3.05) is 18.4 Å². The van der Waals surface area contributed by atoms with Crippen LogP contribution in [-0.2, 0) is 21.2 Å². The number of rotatable bonds is 9. The molecule has 0 saturated carbocycles. The zero-order valence-corrected chi connectivity index (χ0v) is 17.2.